The van der Waals surface area contributed by atoms with E-state index in [1.807, 2.05) is 0 Å². The summed E-state index contributed by atoms with van der Waals surface area (Å²) >= 11 is 0. The van der Waals surface area contributed by atoms with Gasteiger partial charge in [0.15, 0.2) is 17.1 Å². The van der Waals surface area contributed by atoms with E-state index in [0.717, 1.165) is 0 Å². The van der Waals surface area contributed by atoms with Gasteiger partial charge in [-0.2, -0.15) is 0 Å². The van der Waals surface area contributed by atoms with E-state index in [9.17, 15) is 9.90 Å². The minimum absolute atomic E-state index is 0.00118. The van der Waals surface area contributed by atoms with Crippen LogP contribution in [0.5, 0.6) is 34.5 Å². The lowest BCUT2D eigenvalue weighted by Crippen LogP contribution is -2.09. The first-order chi connectivity index (χ1) is 13.5. The molecule has 8 heteroatoms. The number of ether oxygens (including phenoxy) is 5. The molecule has 8 nitrogen and oxygen atoms in total. The maximum atomic E-state index is 13.1. The zero-order valence-corrected chi connectivity index (χ0v) is 16.1. The molecule has 1 N–H and O–H groups in total. The fourth-order valence-electron chi connectivity index (χ4n) is 3.02. The van der Waals surface area contributed by atoms with Crippen molar-refractivity contribution < 1.29 is 33.2 Å². The van der Waals surface area contributed by atoms with Crippen LogP contribution in [0.3, 0.4) is 0 Å². The molecule has 0 atom stereocenters. The van der Waals surface area contributed by atoms with Gasteiger partial charge in [-0.25, -0.2) is 0 Å². The first-order valence-electron chi connectivity index (χ1n) is 8.22. The smallest absolute Gasteiger partial charge is 0.239 e. The molecule has 0 aliphatic carbocycles. The monoisotopic (exact) mass is 388 g/mol. The lowest BCUT2D eigenvalue weighted by molar-refractivity contribution is 0.310. The van der Waals surface area contributed by atoms with Crippen molar-refractivity contribution in [3.8, 4) is 45.8 Å². The number of hydrogen-bond donors (Lipinski definition) is 1. The van der Waals surface area contributed by atoms with Crippen molar-refractivity contribution in [2.45, 2.75) is 0 Å². The molecule has 0 aliphatic rings. The molecule has 0 saturated heterocycles. The molecule has 0 unspecified atom stereocenters. The van der Waals surface area contributed by atoms with E-state index in [1.165, 1.54) is 35.5 Å². The van der Waals surface area contributed by atoms with Crippen molar-refractivity contribution in [3.63, 3.8) is 0 Å². The summed E-state index contributed by atoms with van der Waals surface area (Å²) in [5, 5.41) is 10.5. The molecule has 3 rings (SSSR count). The first kappa shape index (κ1) is 19.2. The maximum Gasteiger partial charge on any atom is 0.239 e. The normalized spacial score (nSPS) is 10.6. The predicted molar refractivity (Wildman–Crippen MR) is 102 cm³/mol. The van der Waals surface area contributed by atoms with Gasteiger partial charge in [0.25, 0.3) is 0 Å². The maximum absolute atomic E-state index is 13.1. The Bertz CT molecular complexity index is 1080. The van der Waals surface area contributed by atoms with Crippen molar-refractivity contribution in [2.75, 3.05) is 35.5 Å². The van der Waals surface area contributed by atoms with Gasteiger partial charge in [-0.15, -0.1) is 0 Å². The second-order valence-electron chi connectivity index (χ2n) is 5.68. The molecule has 0 amide bonds. The van der Waals surface area contributed by atoms with Gasteiger partial charge in [0.2, 0.25) is 28.4 Å². The van der Waals surface area contributed by atoms with E-state index in [0.29, 0.717) is 11.3 Å². The Labute approximate surface area is 160 Å². The van der Waals surface area contributed by atoms with Crippen molar-refractivity contribution in [2.24, 2.45) is 0 Å². The molecule has 1 aromatic heterocycles. The van der Waals surface area contributed by atoms with Crippen LogP contribution in [0, 0.1) is 0 Å². The Morgan fingerprint density at radius 3 is 2.04 bits per heavy atom. The lowest BCUT2D eigenvalue weighted by atomic mass is 10.1. The highest BCUT2D eigenvalue weighted by atomic mass is 16.5. The van der Waals surface area contributed by atoms with Crippen LogP contribution in [0.1, 0.15) is 0 Å². The van der Waals surface area contributed by atoms with Gasteiger partial charge in [-0.1, -0.05) is 12.1 Å². The van der Waals surface area contributed by atoms with Crippen molar-refractivity contribution in [3.05, 3.63) is 34.5 Å². The zero-order chi connectivity index (χ0) is 20.4. The minimum atomic E-state index is -0.585. The predicted octanol–water partition coefficient (Wildman–Crippen LogP) is 3.21. The van der Waals surface area contributed by atoms with Crippen LogP contribution < -0.4 is 29.1 Å². The van der Waals surface area contributed by atoms with Crippen molar-refractivity contribution in [1.82, 2.24) is 0 Å². The number of phenolic OH excluding ortho intramolecular Hbond substituents is 1. The van der Waals surface area contributed by atoms with Gasteiger partial charge in [-0.3, -0.25) is 4.79 Å². The minimum Gasteiger partial charge on any atom is -0.504 e. The van der Waals surface area contributed by atoms with Gasteiger partial charge < -0.3 is 33.2 Å². The standard InChI is InChI=1S/C20H20O8/c1-23-11-8-6-7-10(9-11)15-17(24-2)13(21)12-14(22)18(25-3)20(27-5)19(26-4)16(12)28-15/h6-9,22H,1-5H3. The van der Waals surface area contributed by atoms with Crippen LogP contribution in [-0.4, -0.2) is 40.7 Å². The number of methoxy groups -OCH3 is 5. The molecule has 148 valence electrons. The number of benzene rings is 2. The van der Waals surface area contributed by atoms with E-state index in [1.54, 1.807) is 24.3 Å². The van der Waals surface area contributed by atoms with E-state index >= 15 is 0 Å². The molecular formula is C20H20O8. The van der Waals surface area contributed by atoms with E-state index in [4.69, 9.17) is 28.1 Å². The van der Waals surface area contributed by atoms with Gasteiger partial charge in [0, 0.05) is 5.56 Å². The van der Waals surface area contributed by atoms with Crippen LogP contribution >= 0.6 is 0 Å². The molecule has 0 fully saturated rings. The van der Waals surface area contributed by atoms with Gasteiger partial charge in [-0.05, 0) is 12.1 Å². The molecular weight excluding hydrogens is 368 g/mol. The SMILES string of the molecule is COc1cccc(-c2oc3c(OC)c(OC)c(OC)c(O)c3c(=O)c2OC)c1. The summed E-state index contributed by atoms with van der Waals surface area (Å²) in [5.41, 5.74) is -0.0360. The van der Waals surface area contributed by atoms with Gasteiger partial charge in [0.05, 0.1) is 35.5 Å². The topological polar surface area (TPSA) is 96.6 Å². The summed E-state index contributed by atoms with van der Waals surface area (Å²) in [5.74, 6) is 0.379. The molecule has 0 bridgehead atoms. The number of phenols is 1. The highest BCUT2D eigenvalue weighted by Gasteiger charge is 2.29. The first-order valence-corrected chi connectivity index (χ1v) is 8.22. The summed E-state index contributed by atoms with van der Waals surface area (Å²) in [6.07, 6.45) is 0. The third-order valence-electron chi connectivity index (χ3n) is 4.29. The summed E-state index contributed by atoms with van der Waals surface area (Å²) in [7, 11) is 6.99. The number of hydrogen-bond acceptors (Lipinski definition) is 8. The third kappa shape index (κ3) is 2.83. The lowest BCUT2D eigenvalue weighted by Gasteiger charge is -2.17. The fourth-order valence-corrected chi connectivity index (χ4v) is 3.02. The van der Waals surface area contributed by atoms with Gasteiger partial charge in [0.1, 0.15) is 11.1 Å². The number of aromatic hydroxyl groups is 1. The third-order valence-corrected chi connectivity index (χ3v) is 4.29. The molecule has 28 heavy (non-hydrogen) atoms. The second kappa shape index (κ2) is 7.59. The van der Waals surface area contributed by atoms with Crippen LogP contribution in [0.2, 0.25) is 0 Å². The van der Waals surface area contributed by atoms with Crippen molar-refractivity contribution in [1.29, 1.82) is 0 Å². The van der Waals surface area contributed by atoms with E-state index in [2.05, 4.69) is 0 Å². The second-order valence-corrected chi connectivity index (χ2v) is 5.68. The summed E-state index contributed by atoms with van der Waals surface area (Å²) in [6.45, 7) is 0. The Morgan fingerprint density at radius 1 is 0.821 bits per heavy atom. The molecule has 1 heterocycles. The van der Waals surface area contributed by atoms with Gasteiger partial charge >= 0.3 is 0 Å². The average Bonchev–Trinajstić information content (AvgIpc) is 2.72. The Hall–Kier alpha value is -3.55. The average molecular weight is 388 g/mol. The highest BCUT2D eigenvalue weighted by molar-refractivity contribution is 5.96. The zero-order valence-electron chi connectivity index (χ0n) is 16.1. The molecule has 0 aliphatic heterocycles. The fraction of sp³-hybridized carbons (Fsp3) is 0.250. The van der Waals surface area contributed by atoms with Crippen molar-refractivity contribution >= 4 is 11.0 Å². The van der Waals surface area contributed by atoms with Crippen LogP contribution in [0.4, 0.5) is 0 Å². The summed E-state index contributed by atoms with van der Waals surface area (Å²) < 4.78 is 32.4. The molecule has 0 saturated carbocycles. The highest BCUT2D eigenvalue weighted by Crippen LogP contribution is 2.50. The molecule has 2 aromatic carbocycles. The Balaban J connectivity index is 2.50. The Morgan fingerprint density at radius 2 is 1.46 bits per heavy atom. The van der Waals surface area contributed by atoms with Crippen LogP contribution in [-0.2, 0) is 0 Å². The quantitative estimate of drug-likeness (QED) is 0.688. The summed E-state index contributed by atoms with van der Waals surface area (Å²) in [6, 6.07) is 6.94. The summed E-state index contributed by atoms with van der Waals surface area (Å²) in [4.78, 5) is 13.1. The van der Waals surface area contributed by atoms with E-state index in [-0.39, 0.29) is 39.7 Å². The number of rotatable bonds is 6. The molecule has 0 radical (unpaired) electrons. The molecule has 3 aromatic rings. The largest absolute Gasteiger partial charge is 0.504 e. The Kier molecular flexibility index (Phi) is 5.21. The number of fused-ring (bicyclic) bond motifs is 1. The van der Waals surface area contributed by atoms with E-state index < -0.39 is 11.2 Å². The van der Waals surface area contributed by atoms with Crippen LogP contribution in [0.25, 0.3) is 22.3 Å². The van der Waals surface area contributed by atoms with Crippen LogP contribution in [0.15, 0.2) is 33.5 Å². The molecule has 0 spiro atoms.